The van der Waals surface area contributed by atoms with Crippen molar-refractivity contribution < 1.29 is 0 Å². The van der Waals surface area contributed by atoms with E-state index in [4.69, 9.17) is 0 Å². The maximum atomic E-state index is 2.30. The van der Waals surface area contributed by atoms with Gasteiger partial charge in [-0.1, -0.05) is 84.8 Å². The highest BCUT2D eigenvalue weighted by atomic mass is 15.0. The van der Waals surface area contributed by atoms with E-state index in [1.807, 2.05) is 0 Å². The summed E-state index contributed by atoms with van der Waals surface area (Å²) in [6, 6.07) is 27.9. The SMILES string of the molecule is C1=CC(c2ccccc2)=CN2C=Cc3cc(-c4ccccc4)ccc3B12. The van der Waals surface area contributed by atoms with Gasteiger partial charge < -0.3 is 4.81 Å². The first-order valence-electron chi connectivity index (χ1n) is 8.99. The zero-order valence-electron chi connectivity index (χ0n) is 14.4. The molecule has 0 spiro atoms. The lowest BCUT2D eigenvalue weighted by atomic mass is 9.50. The van der Waals surface area contributed by atoms with Crippen LogP contribution in [0.25, 0.3) is 22.8 Å². The summed E-state index contributed by atoms with van der Waals surface area (Å²) in [5.41, 5.74) is 7.68. The van der Waals surface area contributed by atoms with Crippen LogP contribution in [-0.2, 0) is 0 Å². The van der Waals surface area contributed by atoms with Crippen LogP contribution in [0, 0.1) is 0 Å². The molecule has 3 aromatic carbocycles. The number of allylic oxidation sites excluding steroid dienone is 2. The zero-order valence-corrected chi connectivity index (χ0v) is 14.4. The van der Waals surface area contributed by atoms with Crippen LogP contribution >= 0.6 is 0 Å². The van der Waals surface area contributed by atoms with Crippen molar-refractivity contribution in [2.24, 2.45) is 0 Å². The van der Waals surface area contributed by atoms with E-state index in [-0.39, 0.29) is 6.85 Å². The third-order valence-electron chi connectivity index (χ3n) is 5.11. The van der Waals surface area contributed by atoms with Gasteiger partial charge in [0.1, 0.15) is 0 Å². The molecule has 2 heteroatoms. The zero-order chi connectivity index (χ0) is 17.3. The lowest BCUT2D eigenvalue weighted by Crippen LogP contribution is -2.46. The third kappa shape index (κ3) is 2.60. The molecule has 122 valence electrons. The van der Waals surface area contributed by atoms with Gasteiger partial charge in [0.15, 0.2) is 0 Å². The van der Waals surface area contributed by atoms with Crippen molar-refractivity contribution >= 4 is 24.0 Å². The van der Waals surface area contributed by atoms with Gasteiger partial charge in [-0.3, -0.25) is 0 Å². The van der Waals surface area contributed by atoms with Crippen LogP contribution in [0.3, 0.4) is 0 Å². The fraction of sp³-hybridized carbons (Fsp3) is 0. The van der Waals surface area contributed by atoms with E-state index in [0.717, 1.165) is 0 Å². The molecule has 0 radical (unpaired) electrons. The van der Waals surface area contributed by atoms with Crippen molar-refractivity contribution in [3.63, 3.8) is 0 Å². The summed E-state index contributed by atoms with van der Waals surface area (Å²) in [7, 11) is 0. The average Bonchev–Trinajstić information content (AvgIpc) is 2.74. The Labute approximate surface area is 154 Å². The lowest BCUT2D eigenvalue weighted by Gasteiger charge is -2.31. The van der Waals surface area contributed by atoms with E-state index in [0.29, 0.717) is 0 Å². The number of fused-ring (bicyclic) bond motifs is 3. The summed E-state index contributed by atoms with van der Waals surface area (Å²) in [5, 5.41) is 0. The first kappa shape index (κ1) is 15.0. The molecule has 0 aliphatic carbocycles. The van der Waals surface area contributed by atoms with Crippen molar-refractivity contribution in [3.8, 4) is 11.1 Å². The number of rotatable bonds is 2. The fourth-order valence-corrected chi connectivity index (χ4v) is 3.74. The Morgan fingerprint density at radius 1 is 0.654 bits per heavy atom. The van der Waals surface area contributed by atoms with Gasteiger partial charge in [0, 0.05) is 0 Å². The maximum Gasteiger partial charge on any atom is 0.320 e. The van der Waals surface area contributed by atoms with E-state index in [2.05, 4.69) is 114 Å². The second-order valence-corrected chi connectivity index (χ2v) is 6.73. The van der Waals surface area contributed by atoms with Gasteiger partial charge in [0.2, 0.25) is 0 Å². The predicted molar refractivity (Wildman–Crippen MR) is 112 cm³/mol. The highest BCUT2D eigenvalue weighted by Crippen LogP contribution is 2.26. The number of hydrogen-bond donors (Lipinski definition) is 0. The molecule has 0 saturated carbocycles. The second-order valence-electron chi connectivity index (χ2n) is 6.73. The summed E-state index contributed by atoms with van der Waals surface area (Å²) in [6.07, 6.45) is 8.89. The minimum Gasteiger partial charge on any atom is -0.389 e. The second kappa shape index (κ2) is 6.23. The third-order valence-corrected chi connectivity index (χ3v) is 5.11. The van der Waals surface area contributed by atoms with Gasteiger partial charge in [0.05, 0.1) is 0 Å². The van der Waals surface area contributed by atoms with Crippen molar-refractivity contribution in [2.75, 3.05) is 0 Å². The average molecular weight is 331 g/mol. The standard InChI is InChI=1S/C24H18BN/c1-3-7-19(8-4-1)21-11-12-24-22(17-21)14-16-26-18-23(13-15-25(24)26)20-9-5-2-6-10-20/h1-18H. The smallest absolute Gasteiger partial charge is 0.320 e. The number of benzene rings is 3. The Kier molecular flexibility index (Phi) is 3.60. The normalized spacial score (nSPS) is 14.7. The molecule has 26 heavy (non-hydrogen) atoms. The molecule has 1 nitrogen and oxygen atoms in total. The van der Waals surface area contributed by atoms with Crippen LogP contribution in [0.2, 0.25) is 0 Å². The van der Waals surface area contributed by atoms with Gasteiger partial charge in [-0.05, 0) is 57.8 Å². The maximum absolute atomic E-state index is 2.30. The molecule has 0 amide bonds. The summed E-state index contributed by atoms with van der Waals surface area (Å²) in [5.74, 6) is 2.30. The van der Waals surface area contributed by atoms with Gasteiger partial charge in [-0.25, -0.2) is 0 Å². The first-order valence-corrected chi connectivity index (χ1v) is 8.99. The Hall–Kier alpha value is -3.26. The van der Waals surface area contributed by atoms with Gasteiger partial charge >= 0.3 is 6.85 Å². The summed E-state index contributed by atoms with van der Waals surface area (Å²) < 4.78 is 0. The molecule has 5 rings (SSSR count). The molecule has 2 aliphatic rings. The minimum atomic E-state index is 0.271. The number of nitrogens with zero attached hydrogens (tertiary/aromatic N) is 1. The lowest BCUT2D eigenvalue weighted by molar-refractivity contribution is 0.801. The molecule has 2 aliphatic heterocycles. The summed E-state index contributed by atoms with van der Waals surface area (Å²) in [4.78, 5) is 2.30. The first-order chi connectivity index (χ1) is 12.9. The van der Waals surface area contributed by atoms with Crippen LogP contribution in [0.4, 0.5) is 0 Å². The van der Waals surface area contributed by atoms with Crippen molar-refractivity contribution in [1.82, 2.24) is 4.81 Å². The highest BCUT2D eigenvalue weighted by Gasteiger charge is 2.27. The molecule has 0 saturated heterocycles. The molecule has 0 atom stereocenters. The van der Waals surface area contributed by atoms with Gasteiger partial charge in [0.25, 0.3) is 0 Å². The van der Waals surface area contributed by atoms with E-state index < -0.39 is 0 Å². The van der Waals surface area contributed by atoms with Crippen LogP contribution < -0.4 is 5.46 Å². The molecular weight excluding hydrogens is 313 g/mol. The molecule has 0 N–H and O–H groups in total. The monoisotopic (exact) mass is 331 g/mol. The number of hydrogen-bond acceptors (Lipinski definition) is 1. The summed E-state index contributed by atoms with van der Waals surface area (Å²) >= 11 is 0. The van der Waals surface area contributed by atoms with E-state index in [1.54, 1.807) is 0 Å². The van der Waals surface area contributed by atoms with Crippen LogP contribution in [-0.4, -0.2) is 11.7 Å². The predicted octanol–water partition coefficient (Wildman–Crippen LogP) is 4.99. The van der Waals surface area contributed by atoms with Crippen molar-refractivity contribution in [3.05, 3.63) is 114 Å². The quantitative estimate of drug-likeness (QED) is 0.598. The Balaban J connectivity index is 1.50. The fourth-order valence-electron chi connectivity index (χ4n) is 3.74. The van der Waals surface area contributed by atoms with Crippen LogP contribution in [0.15, 0.2) is 103 Å². The largest absolute Gasteiger partial charge is 0.389 e. The topological polar surface area (TPSA) is 3.24 Å². The molecule has 2 heterocycles. The van der Waals surface area contributed by atoms with E-state index in [1.165, 1.54) is 33.3 Å². The Morgan fingerprint density at radius 2 is 1.38 bits per heavy atom. The molecule has 0 bridgehead atoms. The van der Waals surface area contributed by atoms with Crippen LogP contribution in [0.5, 0.6) is 0 Å². The molecule has 0 aromatic heterocycles. The van der Waals surface area contributed by atoms with Crippen molar-refractivity contribution in [1.29, 1.82) is 0 Å². The molecule has 0 fully saturated rings. The Bertz CT molecular complexity index is 1030. The summed E-state index contributed by atoms with van der Waals surface area (Å²) in [6.45, 7) is 0.271. The van der Waals surface area contributed by atoms with Crippen molar-refractivity contribution in [2.45, 2.75) is 0 Å². The molecule has 0 unspecified atom stereocenters. The highest BCUT2D eigenvalue weighted by molar-refractivity contribution is 6.77. The van der Waals surface area contributed by atoms with E-state index >= 15 is 0 Å². The molecular formula is C24H18BN. The van der Waals surface area contributed by atoms with E-state index in [9.17, 15) is 0 Å². The van der Waals surface area contributed by atoms with Gasteiger partial charge in [-0.2, -0.15) is 0 Å². The minimum absolute atomic E-state index is 0.271. The molecule has 3 aromatic rings. The van der Waals surface area contributed by atoms with Gasteiger partial charge in [-0.15, -0.1) is 0 Å². The van der Waals surface area contributed by atoms with Crippen LogP contribution in [0.1, 0.15) is 11.1 Å². The Morgan fingerprint density at radius 3 is 2.15 bits per heavy atom.